The molecule has 0 aliphatic heterocycles. The molecule has 0 bridgehead atoms. The van der Waals surface area contributed by atoms with Crippen LogP contribution in [0.5, 0.6) is 0 Å². The summed E-state index contributed by atoms with van der Waals surface area (Å²) in [6.45, 7) is 2.16. The number of fused-ring (bicyclic) bond motifs is 3. The SMILES string of the molecule is CCc1cnc2c(ccc3ccccc32)c1. The zero-order valence-electron chi connectivity index (χ0n) is 9.27. The van der Waals surface area contributed by atoms with E-state index in [1.807, 2.05) is 6.20 Å². The number of hydrogen-bond acceptors (Lipinski definition) is 1. The number of benzene rings is 2. The number of nitrogens with zero attached hydrogens (tertiary/aromatic N) is 1. The van der Waals surface area contributed by atoms with Gasteiger partial charge in [0.15, 0.2) is 0 Å². The van der Waals surface area contributed by atoms with Crippen LogP contribution in [0.3, 0.4) is 0 Å². The van der Waals surface area contributed by atoms with E-state index in [-0.39, 0.29) is 0 Å². The van der Waals surface area contributed by atoms with Crippen molar-refractivity contribution in [1.82, 2.24) is 4.98 Å². The Morgan fingerprint density at radius 2 is 1.81 bits per heavy atom. The molecule has 0 amide bonds. The van der Waals surface area contributed by atoms with E-state index in [1.165, 1.54) is 21.7 Å². The van der Waals surface area contributed by atoms with Crippen LogP contribution in [-0.4, -0.2) is 4.98 Å². The van der Waals surface area contributed by atoms with Crippen molar-refractivity contribution in [2.45, 2.75) is 13.3 Å². The van der Waals surface area contributed by atoms with Crippen molar-refractivity contribution in [1.29, 1.82) is 0 Å². The topological polar surface area (TPSA) is 12.9 Å². The van der Waals surface area contributed by atoms with Crippen LogP contribution in [0.2, 0.25) is 0 Å². The second-order valence-electron chi connectivity index (χ2n) is 4.06. The molecule has 2 aromatic carbocycles. The van der Waals surface area contributed by atoms with Crippen molar-refractivity contribution >= 4 is 21.7 Å². The Bertz CT molecular complexity index is 656. The van der Waals surface area contributed by atoms with Crippen molar-refractivity contribution in [2.75, 3.05) is 0 Å². The third kappa shape index (κ3) is 1.36. The summed E-state index contributed by atoms with van der Waals surface area (Å²) in [4.78, 5) is 4.58. The molecule has 3 aromatic rings. The first-order valence-electron chi connectivity index (χ1n) is 5.65. The summed E-state index contributed by atoms with van der Waals surface area (Å²) in [5.74, 6) is 0. The zero-order valence-corrected chi connectivity index (χ0v) is 9.27. The van der Waals surface area contributed by atoms with Crippen LogP contribution in [0.25, 0.3) is 21.7 Å². The maximum Gasteiger partial charge on any atom is 0.0780 e. The summed E-state index contributed by atoms with van der Waals surface area (Å²) in [6.07, 6.45) is 3.02. The van der Waals surface area contributed by atoms with E-state index < -0.39 is 0 Å². The summed E-state index contributed by atoms with van der Waals surface area (Å²) in [5.41, 5.74) is 2.40. The summed E-state index contributed by atoms with van der Waals surface area (Å²) in [6, 6.07) is 14.9. The van der Waals surface area contributed by atoms with Crippen molar-refractivity contribution < 1.29 is 0 Å². The molecule has 0 aliphatic rings. The highest BCUT2D eigenvalue weighted by molar-refractivity contribution is 6.05. The van der Waals surface area contributed by atoms with Crippen LogP contribution < -0.4 is 0 Å². The lowest BCUT2D eigenvalue weighted by atomic mass is 10.0. The predicted molar refractivity (Wildman–Crippen MR) is 68.6 cm³/mol. The second kappa shape index (κ2) is 3.60. The smallest absolute Gasteiger partial charge is 0.0780 e. The Labute approximate surface area is 94.7 Å². The number of hydrogen-bond donors (Lipinski definition) is 0. The first-order valence-corrected chi connectivity index (χ1v) is 5.65. The molecule has 0 radical (unpaired) electrons. The van der Waals surface area contributed by atoms with Gasteiger partial charge in [0.2, 0.25) is 0 Å². The van der Waals surface area contributed by atoms with Gasteiger partial charge in [-0.05, 0) is 23.4 Å². The second-order valence-corrected chi connectivity index (χ2v) is 4.06. The molecule has 0 aliphatic carbocycles. The largest absolute Gasteiger partial charge is 0.255 e. The van der Waals surface area contributed by atoms with Gasteiger partial charge in [0.1, 0.15) is 0 Å². The van der Waals surface area contributed by atoms with Gasteiger partial charge in [-0.2, -0.15) is 0 Å². The average molecular weight is 207 g/mol. The van der Waals surface area contributed by atoms with Crippen LogP contribution in [-0.2, 0) is 6.42 Å². The molecule has 0 saturated carbocycles. The van der Waals surface area contributed by atoms with Crippen molar-refractivity contribution in [2.24, 2.45) is 0 Å². The number of aromatic nitrogens is 1. The maximum absolute atomic E-state index is 4.58. The average Bonchev–Trinajstić information content (AvgIpc) is 2.38. The van der Waals surface area contributed by atoms with E-state index in [4.69, 9.17) is 0 Å². The van der Waals surface area contributed by atoms with E-state index in [2.05, 4.69) is 54.4 Å². The molecule has 0 N–H and O–H groups in total. The summed E-state index contributed by atoms with van der Waals surface area (Å²) >= 11 is 0. The Morgan fingerprint density at radius 1 is 1.00 bits per heavy atom. The Morgan fingerprint density at radius 3 is 2.69 bits per heavy atom. The molecular weight excluding hydrogens is 194 g/mol. The minimum Gasteiger partial charge on any atom is -0.255 e. The maximum atomic E-state index is 4.58. The van der Waals surface area contributed by atoms with Crippen LogP contribution in [0.1, 0.15) is 12.5 Å². The fourth-order valence-corrected chi connectivity index (χ4v) is 2.11. The molecule has 1 heterocycles. The molecule has 0 unspecified atom stereocenters. The van der Waals surface area contributed by atoms with E-state index in [9.17, 15) is 0 Å². The van der Waals surface area contributed by atoms with Gasteiger partial charge in [-0.25, -0.2) is 0 Å². The Kier molecular flexibility index (Phi) is 2.10. The molecule has 0 saturated heterocycles. The Hall–Kier alpha value is -1.89. The molecule has 16 heavy (non-hydrogen) atoms. The van der Waals surface area contributed by atoms with Gasteiger partial charge in [-0.3, -0.25) is 4.98 Å². The summed E-state index contributed by atoms with van der Waals surface area (Å²) in [5, 5.41) is 3.73. The van der Waals surface area contributed by atoms with E-state index in [1.54, 1.807) is 0 Å². The third-order valence-corrected chi connectivity index (χ3v) is 3.04. The Balaban J connectivity index is 2.43. The predicted octanol–water partition coefficient (Wildman–Crippen LogP) is 3.95. The molecule has 0 atom stereocenters. The lowest BCUT2D eigenvalue weighted by Gasteiger charge is -2.04. The molecule has 3 rings (SSSR count). The van der Waals surface area contributed by atoms with Crippen molar-refractivity contribution in [3.8, 4) is 0 Å². The highest BCUT2D eigenvalue weighted by Gasteiger charge is 2.01. The number of aryl methyl sites for hydroxylation is 1. The van der Waals surface area contributed by atoms with Crippen molar-refractivity contribution in [3.05, 3.63) is 54.2 Å². The van der Waals surface area contributed by atoms with Gasteiger partial charge >= 0.3 is 0 Å². The fourth-order valence-electron chi connectivity index (χ4n) is 2.11. The minimum atomic E-state index is 1.04. The van der Waals surface area contributed by atoms with Gasteiger partial charge in [-0.1, -0.05) is 43.3 Å². The first-order chi connectivity index (χ1) is 7.88. The standard InChI is InChI=1S/C15H13N/c1-2-11-9-13-8-7-12-5-3-4-6-14(12)15(13)16-10-11/h3-10H,2H2,1H3. The van der Waals surface area contributed by atoms with Gasteiger partial charge in [0.05, 0.1) is 5.52 Å². The summed E-state index contributed by atoms with van der Waals surface area (Å²) in [7, 11) is 0. The molecule has 1 nitrogen and oxygen atoms in total. The molecule has 0 spiro atoms. The molecule has 0 fully saturated rings. The van der Waals surface area contributed by atoms with Crippen LogP contribution in [0.15, 0.2) is 48.7 Å². The van der Waals surface area contributed by atoms with E-state index >= 15 is 0 Å². The monoisotopic (exact) mass is 207 g/mol. The molecular formula is C15H13N. The minimum absolute atomic E-state index is 1.04. The fraction of sp³-hybridized carbons (Fsp3) is 0.133. The highest BCUT2D eigenvalue weighted by Crippen LogP contribution is 2.23. The van der Waals surface area contributed by atoms with Gasteiger partial charge in [0.25, 0.3) is 0 Å². The van der Waals surface area contributed by atoms with Gasteiger partial charge < -0.3 is 0 Å². The van der Waals surface area contributed by atoms with E-state index in [0.29, 0.717) is 0 Å². The lowest BCUT2D eigenvalue weighted by molar-refractivity contribution is 1.12. The number of rotatable bonds is 1. The lowest BCUT2D eigenvalue weighted by Crippen LogP contribution is -1.86. The first kappa shape index (κ1) is 9.34. The van der Waals surface area contributed by atoms with Crippen LogP contribution in [0, 0.1) is 0 Å². The van der Waals surface area contributed by atoms with Gasteiger partial charge in [-0.15, -0.1) is 0 Å². The van der Waals surface area contributed by atoms with Crippen molar-refractivity contribution in [3.63, 3.8) is 0 Å². The van der Waals surface area contributed by atoms with Gasteiger partial charge in [0, 0.05) is 17.0 Å². The third-order valence-electron chi connectivity index (χ3n) is 3.04. The van der Waals surface area contributed by atoms with Crippen LogP contribution >= 0.6 is 0 Å². The van der Waals surface area contributed by atoms with Crippen LogP contribution in [0.4, 0.5) is 0 Å². The molecule has 78 valence electrons. The highest BCUT2D eigenvalue weighted by atomic mass is 14.7. The van der Waals surface area contributed by atoms with E-state index in [0.717, 1.165) is 11.9 Å². The molecule has 1 aromatic heterocycles. The zero-order chi connectivity index (χ0) is 11.0. The normalized spacial score (nSPS) is 11.1. The molecule has 1 heteroatoms. The number of pyridine rings is 1. The summed E-state index contributed by atoms with van der Waals surface area (Å²) < 4.78 is 0. The quantitative estimate of drug-likeness (QED) is 0.550.